The molecule has 0 saturated carbocycles. The van der Waals surface area contributed by atoms with Crippen molar-refractivity contribution < 1.29 is 0 Å². The van der Waals surface area contributed by atoms with Crippen LogP contribution in [-0.2, 0) is 0 Å². The van der Waals surface area contributed by atoms with Crippen molar-refractivity contribution in [3.05, 3.63) is 73.6 Å². The first-order valence-corrected chi connectivity index (χ1v) is 6.21. The van der Waals surface area contributed by atoms with Gasteiger partial charge in [0.1, 0.15) is 11.6 Å². The molecule has 0 aromatic carbocycles. The first-order valence-electron chi connectivity index (χ1n) is 6.21. The van der Waals surface area contributed by atoms with Gasteiger partial charge in [-0.2, -0.15) is 0 Å². The van der Waals surface area contributed by atoms with E-state index in [1.807, 2.05) is 36.4 Å². The van der Waals surface area contributed by atoms with Crippen LogP contribution in [0, 0.1) is 0 Å². The van der Waals surface area contributed by atoms with Gasteiger partial charge in [0.2, 0.25) is 0 Å². The Morgan fingerprint density at radius 1 is 1.05 bits per heavy atom. The Bertz CT molecular complexity index is 495. The van der Waals surface area contributed by atoms with Crippen molar-refractivity contribution in [2.75, 3.05) is 11.4 Å². The highest BCUT2D eigenvalue weighted by Gasteiger charge is 2.10. The van der Waals surface area contributed by atoms with E-state index in [0.717, 1.165) is 30.2 Å². The molecule has 2 heterocycles. The van der Waals surface area contributed by atoms with Crippen molar-refractivity contribution in [2.45, 2.75) is 6.42 Å². The fourth-order valence-electron chi connectivity index (χ4n) is 1.73. The van der Waals surface area contributed by atoms with E-state index in [1.165, 1.54) is 0 Å². The van der Waals surface area contributed by atoms with Gasteiger partial charge in [0.05, 0.1) is 0 Å². The van der Waals surface area contributed by atoms with Gasteiger partial charge in [0.25, 0.3) is 0 Å². The lowest BCUT2D eigenvalue weighted by Gasteiger charge is -2.22. The largest absolute Gasteiger partial charge is 0.311 e. The normalized spacial score (nSPS) is 9.89. The van der Waals surface area contributed by atoms with Gasteiger partial charge < -0.3 is 4.90 Å². The predicted octanol–water partition coefficient (Wildman–Crippen LogP) is 3.75. The van der Waals surface area contributed by atoms with Gasteiger partial charge in [-0.25, -0.2) is 9.97 Å². The number of allylic oxidation sites excluding steroid dienone is 1. The van der Waals surface area contributed by atoms with E-state index in [4.69, 9.17) is 0 Å². The second kappa shape index (κ2) is 6.50. The lowest BCUT2D eigenvalue weighted by Crippen LogP contribution is -2.20. The van der Waals surface area contributed by atoms with Crippen LogP contribution < -0.4 is 4.90 Å². The van der Waals surface area contributed by atoms with Crippen LogP contribution in [0.25, 0.3) is 0 Å². The number of hydrogen-bond acceptors (Lipinski definition) is 3. The Morgan fingerprint density at radius 2 is 1.63 bits per heavy atom. The molecule has 0 aliphatic carbocycles. The minimum Gasteiger partial charge on any atom is -0.311 e. The van der Waals surface area contributed by atoms with Crippen molar-refractivity contribution in [3.8, 4) is 0 Å². The zero-order valence-electron chi connectivity index (χ0n) is 10.9. The van der Waals surface area contributed by atoms with Gasteiger partial charge >= 0.3 is 0 Å². The Kier molecular flexibility index (Phi) is 4.45. The molecular formula is C16H17N3. The fraction of sp³-hybridized carbons (Fsp3) is 0.125. The quantitative estimate of drug-likeness (QED) is 0.732. The van der Waals surface area contributed by atoms with Crippen LogP contribution in [0.4, 0.5) is 11.6 Å². The first kappa shape index (κ1) is 13.0. The molecule has 0 spiro atoms. The van der Waals surface area contributed by atoms with Gasteiger partial charge in [-0.05, 0) is 30.7 Å². The minimum absolute atomic E-state index is 0.777. The smallest absolute Gasteiger partial charge is 0.134 e. The van der Waals surface area contributed by atoms with Gasteiger partial charge in [0, 0.05) is 18.9 Å². The molecule has 2 aromatic rings. The minimum atomic E-state index is 0.777. The number of nitrogens with zero attached hydrogens (tertiary/aromatic N) is 3. The number of hydrogen-bond donors (Lipinski definition) is 0. The van der Waals surface area contributed by atoms with Crippen LogP contribution >= 0.6 is 0 Å². The Balaban J connectivity index is 2.24. The van der Waals surface area contributed by atoms with E-state index in [2.05, 4.69) is 28.0 Å². The summed E-state index contributed by atoms with van der Waals surface area (Å²) in [7, 11) is 0. The second-order valence-corrected chi connectivity index (χ2v) is 4.14. The van der Waals surface area contributed by atoms with Crippen molar-refractivity contribution in [1.82, 2.24) is 9.97 Å². The molecule has 19 heavy (non-hydrogen) atoms. The van der Waals surface area contributed by atoms with E-state index in [0.29, 0.717) is 0 Å². The molecule has 0 N–H and O–H groups in total. The van der Waals surface area contributed by atoms with Crippen LogP contribution in [0.15, 0.2) is 73.6 Å². The molecule has 96 valence electrons. The maximum absolute atomic E-state index is 4.39. The van der Waals surface area contributed by atoms with Gasteiger partial charge in [0.15, 0.2) is 0 Å². The number of rotatable bonds is 6. The zero-order chi connectivity index (χ0) is 13.5. The van der Waals surface area contributed by atoms with Crippen LogP contribution in [-0.4, -0.2) is 16.5 Å². The van der Waals surface area contributed by atoms with Gasteiger partial charge in [-0.1, -0.05) is 36.9 Å². The summed E-state index contributed by atoms with van der Waals surface area (Å²) in [5, 5.41) is 0. The number of anilines is 2. The highest BCUT2D eigenvalue weighted by Crippen LogP contribution is 2.21. The van der Waals surface area contributed by atoms with Crippen molar-refractivity contribution in [3.63, 3.8) is 0 Å². The maximum Gasteiger partial charge on any atom is 0.134 e. The molecule has 0 bridgehead atoms. The summed E-state index contributed by atoms with van der Waals surface area (Å²) >= 11 is 0. The summed E-state index contributed by atoms with van der Waals surface area (Å²) in [5.74, 6) is 1.77. The van der Waals surface area contributed by atoms with Gasteiger partial charge in [-0.3, -0.25) is 0 Å². The Labute approximate surface area is 113 Å². The molecule has 3 nitrogen and oxygen atoms in total. The highest BCUT2D eigenvalue weighted by atomic mass is 15.2. The number of pyridine rings is 2. The standard InChI is InChI=1S/C16H17N3/c1-3-14(2)10-13-19(15-8-4-6-11-17-15)16-9-5-7-12-18-16/h3-9,11-12H,1-2,10,13H2. The molecular weight excluding hydrogens is 234 g/mol. The Morgan fingerprint density at radius 3 is 2.05 bits per heavy atom. The maximum atomic E-state index is 4.39. The van der Waals surface area contributed by atoms with E-state index < -0.39 is 0 Å². The first-order chi connectivity index (χ1) is 9.31. The van der Waals surface area contributed by atoms with E-state index in [1.54, 1.807) is 18.5 Å². The topological polar surface area (TPSA) is 29.0 Å². The average molecular weight is 251 g/mol. The van der Waals surface area contributed by atoms with Crippen LogP contribution in [0.1, 0.15) is 6.42 Å². The van der Waals surface area contributed by atoms with Crippen LogP contribution in [0.2, 0.25) is 0 Å². The van der Waals surface area contributed by atoms with Crippen LogP contribution in [0.3, 0.4) is 0 Å². The summed E-state index contributed by atoms with van der Waals surface area (Å²) < 4.78 is 0. The lowest BCUT2D eigenvalue weighted by atomic mass is 10.2. The SMILES string of the molecule is C=CC(=C)CCN(c1ccccn1)c1ccccn1. The lowest BCUT2D eigenvalue weighted by molar-refractivity contribution is 0.886. The van der Waals surface area contributed by atoms with Crippen molar-refractivity contribution in [2.24, 2.45) is 0 Å². The Hall–Kier alpha value is -2.42. The molecule has 0 unspecified atom stereocenters. The molecule has 0 saturated heterocycles. The second-order valence-electron chi connectivity index (χ2n) is 4.14. The van der Waals surface area contributed by atoms with E-state index >= 15 is 0 Å². The third-order valence-corrected chi connectivity index (χ3v) is 2.80. The van der Waals surface area contributed by atoms with Gasteiger partial charge in [-0.15, -0.1) is 0 Å². The number of aromatic nitrogens is 2. The predicted molar refractivity (Wildman–Crippen MR) is 79.4 cm³/mol. The third kappa shape index (κ3) is 3.52. The molecule has 2 rings (SSSR count). The monoisotopic (exact) mass is 251 g/mol. The average Bonchev–Trinajstić information content (AvgIpc) is 2.49. The summed E-state index contributed by atoms with van der Waals surface area (Å²) in [6.07, 6.45) is 6.19. The summed E-state index contributed by atoms with van der Waals surface area (Å²) in [6, 6.07) is 11.7. The van der Waals surface area contributed by atoms with Crippen molar-refractivity contribution in [1.29, 1.82) is 0 Å². The van der Waals surface area contributed by atoms with Crippen LogP contribution in [0.5, 0.6) is 0 Å². The molecule has 0 fully saturated rings. The highest BCUT2D eigenvalue weighted by molar-refractivity contribution is 5.55. The zero-order valence-corrected chi connectivity index (χ0v) is 10.9. The molecule has 0 atom stereocenters. The molecule has 0 radical (unpaired) electrons. The van der Waals surface area contributed by atoms with Crippen molar-refractivity contribution >= 4 is 11.6 Å². The molecule has 0 amide bonds. The van der Waals surface area contributed by atoms with E-state index in [-0.39, 0.29) is 0 Å². The molecule has 0 aliphatic rings. The molecule has 3 heteroatoms. The molecule has 0 aliphatic heterocycles. The summed E-state index contributed by atoms with van der Waals surface area (Å²) in [5.41, 5.74) is 1.01. The molecule has 2 aromatic heterocycles. The van der Waals surface area contributed by atoms with E-state index in [9.17, 15) is 0 Å². The summed E-state index contributed by atoms with van der Waals surface area (Å²) in [4.78, 5) is 10.9. The summed E-state index contributed by atoms with van der Waals surface area (Å²) in [6.45, 7) is 8.46. The third-order valence-electron chi connectivity index (χ3n) is 2.80. The fourth-order valence-corrected chi connectivity index (χ4v) is 1.73.